The number of hydrogen-bond acceptors (Lipinski definition) is 1. The number of anilines is 1. The van der Waals surface area contributed by atoms with E-state index in [1.54, 1.807) is 0 Å². The number of hydrogen-bond donors (Lipinski definition) is 1. The van der Waals surface area contributed by atoms with Gasteiger partial charge in [0.05, 0.1) is 6.04 Å². The lowest BCUT2D eigenvalue weighted by Gasteiger charge is -2.29. The Morgan fingerprint density at radius 2 is 1.21 bits per heavy atom. The molecule has 0 saturated heterocycles. The fourth-order valence-corrected chi connectivity index (χ4v) is 5.90. The van der Waals surface area contributed by atoms with Crippen molar-refractivity contribution >= 4 is 27.2 Å². The molecule has 39 heavy (non-hydrogen) atoms. The largest absolute Gasteiger partial charge is 0.379 e. The molecule has 0 radical (unpaired) electrons. The summed E-state index contributed by atoms with van der Waals surface area (Å²) < 4.78 is 2.11. The second-order valence-corrected chi connectivity index (χ2v) is 10.1. The molecule has 0 spiro atoms. The van der Waals surface area contributed by atoms with E-state index in [4.69, 9.17) is 0 Å². The minimum absolute atomic E-state index is 0.125. The van der Waals surface area contributed by atoms with Gasteiger partial charge in [0.25, 0.3) is 0 Å². The standard InChI is InChI=1S/C37H34N2/c1-4-26-19-13-20-27(5-2)36(26)38-37(34-24-14-23-33(39(34)3)28-15-7-6-8-16-28)35-31-21-11-9-17-29(31)25-30-18-10-12-22-32(30)35/h6-25,37-38H,3-5H2,1-2H3. The maximum absolute atomic E-state index is 4.61. The van der Waals surface area contributed by atoms with Crippen molar-refractivity contribution in [2.24, 2.45) is 0 Å². The van der Waals surface area contributed by atoms with E-state index in [0.29, 0.717) is 0 Å². The van der Waals surface area contributed by atoms with Crippen molar-refractivity contribution in [1.29, 1.82) is 0 Å². The van der Waals surface area contributed by atoms with E-state index in [1.807, 2.05) is 0 Å². The number of nitrogens with one attached hydrogen (secondary N) is 1. The first kappa shape index (κ1) is 24.8. The molecule has 6 rings (SSSR count). The van der Waals surface area contributed by atoms with Crippen LogP contribution in [0, 0.1) is 7.05 Å². The summed E-state index contributed by atoms with van der Waals surface area (Å²) >= 11 is 0. The van der Waals surface area contributed by atoms with Crippen molar-refractivity contribution in [3.63, 3.8) is 0 Å². The highest BCUT2D eigenvalue weighted by Gasteiger charge is 2.25. The summed E-state index contributed by atoms with van der Waals surface area (Å²) in [5.74, 6) is 0. The van der Waals surface area contributed by atoms with Gasteiger partial charge in [0.2, 0.25) is 0 Å². The third-order valence-corrected chi connectivity index (χ3v) is 7.88. The molecule has 0 fully saturated rings. The normalized spacial score (nSPS) is 12.1. The highest BCUT2D eigenvalue weighted by atomic mass is 15.0. The van der Waals surface area contributed by atoms with Crippen LogP contribution in [-0.4, -0.2) is 0 Å². The molecule has 5 aromatic carbocycles. The third kappa shape index (κ3) is 4.53. The predicted molar refractivity (Wildman–Crippen MR) is 165 cm³/mol. The monoisotopic (exact) mass is 506 g/mol. The first-order chi connectivity index (χ1) is 19.2. The van der Waals surface area contributed by atoms with Gasteiger partial charge in [0.15, 0.2) is 0 Å². The van der Waals surface area contributed by atoms with Gasteiger partial charge in [0.1, 0.15) is 11.4 Å². The summed E-state index contributed by atoms with van der Waals surface area (Å²) in [7, 11) is 4.61. The van der Waals surface area contributed by atoms with Gasteiger partial charge in [-0.3, -0.25) is 0 Å². The lowest BCUT2D eigenvalue weighted by molar-refractivity contribution is -0.610. The molecule has 1 unspecified atom stereocenters. The average Bonchev–Trinajstić information content (AvgIpc) is 2.99. The molecule has 0 aliphatic rings. The lowest BCUT2D eigenvalue weighted by Crippen LogP contribution is -2.38. The summed E-state index contributed by atoms with van der Waals surface area (Å²) in [5, 5.41) is 9.09. The SMILES string of the molecule is [CH2-][n+]1c(-c2ccccc2)cccc1C(Nc1c(CC)cccc1CC)c1c2ccccc2cc2ccccc12. The second kappa shape index (κ2) is 10.7. The van der Waals surface area contributed by atoms with Crippen LogP contribution < -0.4 is 9.88 Å². The molecule has 6 aromatic rings. The van der Waals surface area contributed by atoms with E-state index in [9.17, 15) is 0 Å². The average molecular weight is 507 g/mol. The van der Waals surface area contributed by atoms with Crippen LogP contribution in [0.25, 0.3) is 32.8 Å². The van der Waals surface area contributed by atoms with Crippen molar-refractivity contribution in [3.8, 4) is 11.3 Å². The van der Waals surface area contributed by atoms with E-state index in [-0.39, 0.29) is 6.04 Å². The van der Waals surface area contributed by atoms with Crippen molar-refractivity contribution in [2.45, 2.75) is 32.7 Å². The van der Waals surface area contributed by atoms with E-state index >= 15 is 0 Å². The van der Waals surface area contributed by atoms with Crippen LogP contribution in [0.4, 0.5) is 5.69 Å². The molecular weight excluding hydrogens is 472 g/mol. The zero-order chi connectivity index (χ0) is 26.8. The molecule has 1 atom stereocenters. The van der Waals surface area contributed by atoms with Crippen LogP contribution >= 0.6 is 0 Å². The van der Waals surface area contributed by atoms with E-state index in [2.05, 4.69) is 152 Å². The summed E-state index contributed by atoms with van der Waals surface area (Å²) in [6, 6.07) is 43.4. The minimum atomic E-state index is -0.125. The Balaban J connectivity index is 1.67. The highest BCUT2D eigenvalue weighted by Crippen LogP contribution is 2.38. The van der Waals surface area contributed by atoms with Gasteiger partial charge in [0, 0.05) is 12.7 Å². The Kier molecular flexibility index (Phi) is 6.77. The van der Waals surface area contributed by atoms with Gasteiger partial charge in [-0.25, -0.2) is 0 Å². The highest BCUT2D eigenvalue weighted by molar-refractivity contribution is 6.03. The van der Waals surface area contributed by atoms with Gasteiger partial charge in [-0.05, 0) is 68.8 Å². The van der Waals surface area contributed by atoms with Crippen molar-refractivity contribution in [2.75, 3.05) is 5.32 Å². The van der Waals surface area contributed by atoms with Crippen LogP contribution in [0.15, 0.2) is 121 Å². The number of pyridine rings is 1. The molecule has 0 aliphatic heterocycles. The maximum atomic E-state index is 4.61. The van der Waals surface area contributed by atoms with Gasteiger partial charge >= 0.3 is 0 Å². The molecule has 2 nitrogen and oxygen atoms in total. The third-order valence-electron chi connectivity index (χ3n) is 7.88. The topological polar surface area (TPSA) is 15.9 Å². The van der Waals surface area contributed by atoms with Crippen LogP contribution in [0.2, 0.25) is 0 Å². The number of para-hydroxylation sites is 1. The molecule has 1 N–H and O–H groups in total. The van der Waals surface area contributed by atoms with Crippen molar-refractivity contribution in [3.05, 3.63) is 151 Å². The Hall–Kier alpha value is -4.56. The lowest BCUT2D eigenvalue weighted by atomic mass is 9.89. The quantitative estimate of drug-likeness (QED) is 0.130. The minimum Gasteiger partial charge on any atom is -0.379 e. The Labute approximate surface area is 231 Å². The number of benzene rings is 5. The predicted octanol–water partition coefficient (Wildman–Crippen LogP) is 8.91. The second-order valence-electron chi connectivity index (χ2n) is 10.1. The van der Waals surface area contributed by atoms with E-state index < -0.39 is 0 Å². The fourth-order valence-electron chi connectivity index (χ4n) is 5.90. The zero-order valence-electron chi connectivity index (χ0n) is 22.7. The van der Waals surface area contributed by atoms with Crippen LogP contribution in [0.5, 0.6) is 0 Å². The maximum Gasteiger partial charge on any atom is 0.112 e. The van der Waals surface area contributed by atoms with Crippen molar-refractivity contribution < 1.29 is 4.57 Å². The molecule has 0 amide bonds. The van der Waals surface area contributed by atoms with Gasteiger partial charge < -0.3 is 9.88 Å². The molecule has 0 bridgehead atoms. The first-order valence-corrected chi connectivity index (χ1v) is 13.9. The number of rotatable bonds is 7. The van der Waals surface area contributed by atoms with Crippen molar-refractivity contribution in [1.82, 2.24) is 0 Å². The Bertz CT molecular complexity index is 1690. The molecule has 1 heterocycles. The smallest absolute Gasteiger partial charge is 0.112 e. The number of aromatic nitrogens is 1. The van der Waals surface area contributed by atoms with Gasteiger partial charge in [-0.2, -0.15) is 0 Å². The molecule has 0 saturated carbocycles. The summed E-state index contributed by atoms with van der Waals surface area (Å²) in [6.45, 7) is 4.47. The molecule has 0 aliphatic carbocycles. The molecule has 1 aromatic heterocycles. The van der Waals surface area contributed by atoms with Gasteiger partial charge in [-0.1, -0.05) is 123 Å². The fraction of sp³-hybridized carbons (Fsp3) is 0.135. The molecule has 2 heteroatoms. The molecule has 192 valence electrons. The van der Waals surface area contributed by atoms with E-state index in [1.165, 1.54) is 43.9 Å². The summed E-state index contributed by atoms with van der Waals surface area (Å²) in [4.78, 5) is 0. The summed E-state index contributed by atoms with van der Waals surface area (Å²) in [6.07, 6.45) is 1.93. The van der Waals surface area contributed by atoms with Crippen LogP contribution in [-0.2, 0) is 12.8 Å². The Morgan fingerprint density at radius 1 is 0.641 bits per heavy atom. The molecular formula is C37H34N2. The van der Waals surface area contributed by atoms with Gasteiger partial charge in [-0.15, -0.1) is 0 Å². The number of aryl methyl sites for hydroxylation is 2. The number of nitrogens with zero attached hydrogens (tertiary/aromatic N) is 1. The Morgan fingerprint density at radius 3 is 1.82 bits per heavy atom. The summed E-state index contributed by atoms with van der Waals surface area (Å²) in [5.41, 5.74) is 8.53. The zero-order valence-corrected chi connectivity index (χ0v) is 22.7. The van der Waals surface area contributed by atoms with Crippen LogP contribution in [0.1, 0.15) is 42.3 Å². The number of fused-ring (bicyclic) bond motifs is 2. The first-order valence-electron chi connectivity index (χ1n) is 13.9. The van der Waals surface area contributed by atoms with E-state index in [0.717, 1.165) is 29.8 Å². The van der Waals surface area contributed by atoms with Crippen LogP contribution in [0.3, 0.4) is 0 Å².